The molecule has 0 aliphatic carbocycles. The summed E-state index contributed by atoms with van der Waals surface area (Å²) in [6.07, 6.45) is 2.29. The maximum Gasteiger partial charge on any atom is 0.126 e. The maximum absolute atomic E-state index is 6.43. The number of hydrogen-bond donors (Lipinski definition) is 0. The molecule has 0 saturated carbocycles. The van der Waals surface area contributed by atoms with E-state index >= 15 is 0 Å². The lowest BCUT2D eigenvalue weighted by atomic mass is 9.79. The molecule has 2 nitrogen and oxygen atoms in total. The third-order valence-corrected chi connectivity index (χ3v) is 4.72. The predicted molar refractivity (Wildman–Crippen MR) is 92.5 cm³/mol. The fourth-order valence-corrected chi connectivity index (χ4v) is 3.61. The average molecular weight is 306 g/mol. The molecule has 118 valence electrons. The topological polar surface area (TPSA) is 18.5 Å². The van der Waals surface area contributed by atoms with Gasteiger partial charge in [-0.1, -0.05) is 48.0 Å². The molecule has 0 saturated heterocycles. The monoisotopic (exact) mass is 306 g/mol. The summed E-state index contributed by atoms with van der Waals surface area (Å²) in [5.41, 5.74) is 4.77. The molecule has 2 atom stereocenters. The van der Waals surface area contributed by atoms with Gasteiger partial charge in [0, 0.05) is 11.5 Å². The second kappa shape index (κ2) is 5.24. The number of ether oxygens (including phenoxy) is 2. The first-order chi connectivity index (χ1) is 11.0. The SMILES string of the molecule is Cc1ccc([C@H]2OC(C)(C)C=C3c4ccccc4OC[C@@H]32)cc1. The number of fused-ring (bicyclic) bond motifs is 3. The highest BCUT2D eigenvalue weighted by Gasteiger charge is 2.40. The van der Waals surface area contributed by atoms with Gasteiger partial charge < -0.3 is 9.47 Å². The third kappa shape index (κ3) is 2.57. The summed E-state index contributed by atoms with van der Waals surface area (Å²) < 4.78 is 12.4. The number of para-hydroxylation sites is 1. The van der Waals surface area contributed by atoms with E-state index in [4.69, 9.17) is 9.47 Å². The first kappa shape index (κ1) is 14.5. The quantitative estimate of drug-likeness (QED) is 0.743. The molecule has 0 radical (unpaired) electrons. The van der Waals surface area contributed by atoms with Crippen LogP contribution in [0.25, 0.3) is 5.57 Å². The fraction of sp³-hybridized carbons (Fsp3) is 0.333. The largest absolute Gasteiger partial charge is 0.492 e. The highest BCUT2D eigenvalue weighted by atomic mass is 16.5. The van der Waals surface area contributed by atoms with E-state index < -0.39 is 0 Å². The minimum Gasteiger partial charge on any atom is -0.492 e. The Kier molecular flexibility index (Phi) is 3.31. The second-order valence-corrected chi connectivity index (χ2v) is 7.07. The van der Waals surface area contributed by atoms with Crippen molar-refractivity contribution in [2.75, 3.05) is 6.61 Å². The van der Waals surface area contributed by atoms with Crippen LogP contribution in [0.3, 0.4) is 0 Å². The molecule has 2 aromatic carbocycles. The van der Waals surface area contributed by atoms with Crippen LogP contribution in [0.2, 0.25) is 0 Å². The number of benzene rings is 2. The van der Waals surface area contributed by atoms with Crippen LogP contribution in [0.4, 0.5) is 0 Å². The van der Waals surface area contributed by atoms with Gasteiger partial charge in [-0.15, -0.1) is 0 Å². The van der Waals surface area contributed by atoms with Gasteiger partial charge in [0.2, 0.25) is 0 Å². The first-order valence-electron chi connectivity index (χ1n) is 8.23. The van der Waals surface area contributed by atoms with Crippen molar-refractivity contribution in [3.8, 4) is 5.75 Å². The lowest BCUT2D eigenvalue weighted by Crippen LogP contribution is -2.38. The minimum absolute atomic E-state index is 0.0268. The predicted octanol–water partition coefficient (Wildman–Crippen LogP) is 4.94. The van der Waals surface area contributed by atoms with Crippen molar-refractivity contribution in [2.24, 2.45) is 5.92 Å². The molecule has 0 fully saturated rings. The van der Waals surface area contributed by atoms with Crippen molar-refractivity contribution in [3.63, 3.8) is 0 Å². The molecule has 0 amide bonds. The van der Waals surface area contributed by atoms with Crippen LogP contribution in [0.1, 0.15) is 36.6 Å². The molecule has 2 aliphatic rings. The summed E-state index contributed by atoms with van der Waals surface area (Å²) in [6.45, 7) is 7.04. The summed E-state index contributed by atoms with van der Waals surface area (Å²) in [5, 5.41) is 0. The Labute approximate surface area is 137 Å². The Bertz CT molecular complexity index is 756. The number of rotatable bonds is 1. The van der Waals surface area contributed by atoms with Crippen LogP contribution in [-0.2, 0) is 4.74 Å². The van der Waals surface area contributed by atoms with Crippen molar-refractivity contribution >= 4 is 5.57 Å². The smallest absolute Gasteiger partial charge is 0.126 e. The van der Waals surface area contributed by atoms with Crippen LogP contribution in [-0.4, -0.2) is 12.2 Å². The van der Waals surface area contributed by atoms with E-state index in [0.29, 0.717) is 6.61 Å². The van der Waals surface area contributed by atoms with Crippen molar-refractivity contribution < 1.29 is 9.47 Å². The minimum atomic E-state index is -0.286. The second-order valence-electron chi connectivity index (χ2n) is 7.07. The van der Waals surface area contributed by atoms with Crippen LogP contribution >= 0.6 is 0 Å². The normalized spacial score (nSPS) is 24.9. The standard InChI is InChI=1S/C21H22O2/c1-14-8-10-15(11-9-14)20-18-13-22-19-7-5-4-6-16(19)17(18)12-21(2,3)23-20/h4-12,18,20H,13H2,1-3H3/t18-,20+/m0/s1. The highest BCUT2D eigenvalue weighted by Crippen LogP contribution is 2.48. The highest BCUT2D eigenvalue weighted by molar-refractivity contribution is 5.75. The van der Waals surface area contributed by atoms with Crippen molar-refractivity contribution in [1.29, 1.82) is 0 Å². The zero-order valence-electron chi connectivity index (χ0n) is 13.9. The van der Waals surface area contributed by atoms with Gasteiger partial charge >= 0.3 is 0 Å². The number of hydrogen-bond acceptors (Lipinski definition) is 2. The molecule has 0 spiro atoms. The zero-order valence-corrected chi connectivity index (χ0v) is 13.9. The molecule has 2 heteroatoms. The molecule has 2 aromatic rings. The summed E-state index contributed by atoms with van der Waals surface area (Å²) in [5.74, 6) is 1.22. The molecule has 0 aromatic heterocycles. The van der Waals surface area contributed by atoms with E-state index in [0.717, 1.165) is 5.75 Å². The number of aryl methyl sites for hydroxylation is 1. The van der Waals surface area contributed by atoms with Gasteiger partial charge in [-0.2, -0.15) is 0 Å². The summed E-state index contributed by atoms with van der Waals surface area (Å²) in [7, 11) is 0. The molecule has 0 unspecified atom stereocenters. The molecule has 0 N–H and O–H groups in total. The van der Waals surface area contributed by atoms with Crippen molar-refractivity contribution in [2.45, 2.75) is 32.5 Å². The van der Waals surface area contributed by atoms with Crippen LogP contribution in [0.15, 0.2) is 54.6 Å². The van der Waals surface area contributed by atoms with Gasteiger partial charge in [0.15, 0.2) is 0 Å². The molecular formula is C21H22O2. The summed E-state index contributed by atoms with van der Waals surface area (Å²) in [4.78, 5) is 0. The van der Waals surface area contributed by atoms with Crippen LogP contribution < -0.4 is 4.74 Å². The van der Waals surface area contributed by atoms with Gasteiger partial charge in [0.1, 0.15) is 5.75 Å². The molecule has 23 heavy (non-hydrogen) atoms. The third-order valence-electron chi connectivity index (χ3n) is 4.72. The average Bonchev–Trinajstić information content (AvgIpc) is 2.54. The van der Waals surface area contributed by atoms with Crippen molar-refractivity contribution in [3.05, 3.63) is 71.3 Å². The fourth-order valence-electron chi connectivity index (χ4n) is 3.61. The lowest BCUT2D eigenvalue weighted by molar-refractivity contribution is -0.0778. The Morgan fingerprint density at radius 3 is 2.52 bits per heavy atom. The van der Waals surface area contributed by atoms with E-state index in [1.807, 2.05) is 6.07 Å². The Morgan fingerprint density at radius 1 is 1.00 bits per heavy atom. The van der Waals surface area contributed by atoms with Gasteiger partial charge in [-0.25, -0.2) is 0 Å². The van der Waals surface area contributed by atoms with Crippen molar-refractivity contribution in [1.82, 2.24) is 0 Å². The van der Waals surface area contributed by atoms with E-state index in [9.17, 15) is 0 Å². The maximum atomic E-state index is 6.43. The summed E-state index contributed by atoms with van der Waals surface area (Å²) >= 11 is 0. The lowest BCUT2D eigenvalue weighted by Gasteiger charge is -2.43. The van der Waals surface area contributed by atoms with Gasteiger partial charge in [0.05, 0.1) is 18.3 Å². The Morgan fingerprint density at radius 2 is 1.74 bits per heavy atom. The summed E-state index contributed by atoms with van der Waals surface area (Å²) in [6, 6.07) is 17.0. The van der Waals surface area contributed by atoms with Gasteiger partial charge in [-0.05, 0) is 44.1 Å². The molecule has 2 aliphatic heterocycles. The molecule has 0 bridgehead atoms. The Hall–Kier alpha value is -2.06. The van der Waals surface area contributed by atoms with E-state index in [2.05, 4.69) is 69.3 Å². The van der Waals surface area contributed by atoms with Crippen LogP contribution in [0, 0.1) is 12.8 Å². The zero-order chi connectivity index (χ0) is 16.0. The molecular weight excluding hydrogens is 284 g/mol. The van der Waals surface area contributed by atoms with Crippen LogP contribution in [0.5, 0.6) is 5.75 Å². The first-order valence-corrected chi connectivity index (χ1v) is 8.23. The Balaban J connectivity index is 1.81. The van der Waals surface area contributed by atoms with Gasteiger partial charge in [0.25, 0.3) is 0 Å². The van der Waals surface area contributed by atoms with E-state index in [1.165, 1.54) is 22.3 Å². The van der Waals surface area contributed by atoms with Gasteiger partial charge in [-0.3, -0.25) is 0 Å². The van der Waals surface area contributed by atoms with E-state index in [-0.39, 0.29) is 17.6 Å². The molecule has 2 heterocycles. The van der Waals surface area contributed by atoms with E-state index in [1.54, 1.807) is 0 Å². The molecule has 4 rings (SSSR count).